The van der Waals surface area contributed by atoms with Crippen LogP contribution in [-0.2, 0) is 6.42 Å². The Morgan fingerprint density at radius 3 is 2.35 bits per heavy atom. The molecule has 0 fully saturated rings. The van der Waals surface area contributed by atoms with Crippen LogP contribution in [-0.4, -0.2) is 21.0 Å². The average molecular weight is 238 g/mol. The Balaban J connectivity index is 3.46. The number of aromatic amines is 1. The molecular weight excluding hydrogens is 220 g/mol. The highest BCUT2D eigenvalue weighted by Crippen LogP contribution is 2.19. The number of hydrogen-bond donors (Lipinski definition) is 2. The number of nitrogens with one attached hydrogen (secondary N) is 1. The molecule has 0 aliphatic carbocycles. The van der Waals surface area contributed by atoms with Crippen molar-refractivity contribution in [2.45, 2.75) is 40.0 Å². The normalized spacial score (nSPS) is 11.2. The molecule has 1 rings (SSSR count). The number of aromatic carboxylic acids is 1. The maximum Gasteiger partial charge on any atom is 0.345 e. The second kappa shape index (κ2) is 5.12. The number of H-pyrrole nitrogens is 1. The van der Waals surface area contributed by atoms with E-state index in [4.69, 9.17) is 0 Å². The lowest BCUT2D eigenvalue weighted by atomic mass is 9.98. The van der Waals surface area contributed by atoms with Crippen LogP contribution >= 0.6 is 0 Å². The first-order valence-electron chi connectivity index (χ1n) is 5.69. The van der Waals surface area contributed by atoms with Gasteiger partial charge in [-0.05, 0) is 18.3 Å². The molecule has 0 aliphatic heterocycles. The van der Waals surface area contributed by atoms with E-state index in [-0.39, 0.29) is 17.4 Å². The van der Waals surface area contributed by atoms with Crippen molar-refractivity contribution in [1.82, 2.24) is 9.97 Å². The minimum Gasteiger partial charge on any atom is -0.478 e. The first-order valence-corrected chi connectivity index (χ1v) is 5.69. The molecule has 2 N–H and O–H groups in total. The van der Waals surface area contributed by atoms with Crippen molar-refractivity contribution < 1.29 is 9.90 Å². The van der Waals surface area contributed by atoms with Crippen molar-refractivity contribution in [3.8, 4) is 0 Å². The molecule has 1 aromatic rings. The van der Waals surface area contributed by atoms with Gasteiger partial charge in [-0.3, -0.25) is 0 Å². The van der Waals surface area contributed by atoms with Gasteiger partial charge in [0.1, 0.15) is 5.56 Å². The Labute approximate surface area is 99.9 Å². The highest BCUT2D eigenvalue weighted by Gasteiger charge is 2.21. The predicted molar refractivity (Wildman–Crippen MR) is 64.4 cm³/mol. The van der Waals surface area contributed by atoms with E-state index >= 15 is 0 Å². The zero-order valence-electron chi connectivity index (χ0n) is 10.6. The predicted octanol–water partition coefficient (Wildman–Crippen LogP) is 1.79. The topological polar surface area (TPSA) is 83.0 Å². The highest BCUT2D eigenvalue weighted by molar-refractivity contribution is 5.90. The molecule has 94 valence electrons. The van der Waals surface area contributed by atoms with Gasteiger partial charge in [-0.25, -0.2) is 9.59 Å². The van der Waals surface area contributed by atoms with Crippen LogP contribution in [0.1, 0.15) is 55.4 Å². The summed E-state index contributed by atoms with van der Waals surface area (Å²) >= 11 is 0. The van der Waals surface area contributed by atoms with Crippen LogP contribution in [0.25, 0.3) is 0 Å². The van der Waals surface area contributed by atoms with E-state index in [9.17, 15) is 14.7 Å². The average Bonchev–Trinajstić information content (AvgIpc) is 2.14. The molecule has 1 aromatic heterocycles. The molecule has 5 heteroatoms. The maximum absolute atomic E-state index is 11.4. The molecule has 17 heavy (non-hydrogen) atoms. The molecule has 0 amide bonds. The van der Waals surface area contributed by atoms with E-state index in [1.165, 1.54) is 0 Å². The Kier molecular flexibility index (Phi) is 4.04. The number of carboxylic acids is 1. The number of aromatic nitrogens is 2. The summed E-state index contributed by atoms with van der Waals surface area (Å²) < 4.78 is 0. The molecule has 0 saturated heterocycles. The van der Waals surface area contributed by atoms with Gasteiger partial charge in [0.05, 0.1) is 5.69 Å². The largest absolute Gasteiger partial charge is 0.478 e. The number of hydrogen-bond acceptors (Lipinski definition) is 3. The van der Waals surface area contributed by atoms with Gasteiger partial charge in [-0.1, -0.05) is 27.7 Å². The van der Waals surface area contributed by atoms with E-state index in [2.05, 4.69) is 9.97 Å². The van der Waals surface area contributed by atoms with Crippen molar-refractivity contribution in [2.24, 2.45) is 5.92 Å². The third-order valence-corrected chi connectivity index (χ3v) is 2.41. The Morgan fingerprint density at radius 2 is 1.94 bits per heavy atom. The van der Waals surface area contributed by atoms with E-state index in [0.29, 0.717) is 17.8 Å². The van der Waals surface area contributed by atoms with Crippen molar-refractivity contribution in [3.05, 3.63) is 27.4 Å². The number of carboxylic acid groups (broad SMARTS) is 1. The standard InChI is InChI=1S/C12H18N2O3/c1-6(2)5-8-9(11(15)16)10(7(3)4)14-12(17)13-8/h6-7H,5H2,1-4H3,(H,15,16)(H,13,14,17). The third kappa shape index (κ3) is 3.15. The fraction of sp³-hybridized carbons (Fsp3) is 0.583. The van der Waals surface area contributed by atoms with Crippen LogP contribution in [0, 0.1) is 5.92 Å². The Morgan fingerprint density at radius 1 is 1.35 bits per heavy atom. The van der Waals surface area contributed by atoms with E-state index < -0.39 is 11.7 Å². The molecule has 0 aliphatic rings. The zero-order chi connectivity index (χ0) is 13.2. The van der Waals surface area contributed by atoms with Crippen LogP contribution in [0.5, 0.6) is 0 Å². The molecule has 1 heterocycles. The summed E-state index contributed by atoms with van der Waals surface area (Å²) in [6.45, 7) is 7.60. The van der Waals surface area contributed by atoms with E-state index in [1.54, 1.807) is 0 Å². The molecule has 0 aromatic carbocycles. The van der Waals surface area contributed by atoms with Crippen LogP contribution in [0.15, 0.2) is 4.79 Å². The van der Waals surface area contributed by atoms with Gasteiger partial charge >= 0.3 is 11.7 Å². The van der Waals surface area contributed by atoms with Crippen molar-refractivity contribution in [2.75, 3.05) is 0 Å². The fourth-order valence-corrected chi connectivity index (χ4v) is 1.76. The fourth-order valence-electron chi connectivity index (χ4n) is 1.76. The number of rotatable bonds is 4. The van der Waals surface area contributed by atoms with Crippen molar-refractivity contribution >= 4 is 5.97 Å². The number of nitrogens with zero attached hydrogens (tertiary/aromatic N) is 1. The lowest BCUT2D eigenvalue weighted by Gasteiger charge is -2.13. The summed E-state index contributed by atoms with van der Waals surface area (Å²) in [5, 5.41) is 9.24. The lowest BCUT2D eigenvalue weighted by molar-refractivity contribution is 0.0692. The summed E-state index contributed by atoms with van der Waals surface area (Å²) in [4.78, 5) is 29.0. The van der Waals surface area contributed by atoms with Crippen molar-refractivity contribution in [3.63, 3.8) is 0 Å². The second-order valence-corrected chi connectivity index (χ2v) is 4.84. The monoisotopic (exact) mass is 238 g/mol. The van der Waals surface area contributed by atoms with Gasteiger partial charge in [0.25, 0.3) is 0 Å². The van der Waals surface area contributed by atoms with Gasteiger partial charge in [-0.15, -0.1) is 0 Å². The summed E-state index contributed by atoms with van der Waals surface area (Å²) in [6.07, 6.45) is 0.527. The summed E-state index contributed by atoms with van der Waals surface area (Å²) in [7, 11) is 0. The van der Waals surface area contributed by atoms with Gasteiger partial charge in [0, 0.05) is 5.69 Å². The van der Waals surface area contributed by atoms with Crippen molar-refractivity contribution in [1.29, 1.82) is 0 Å². The van der Waals surface area contributed by atoms with Gasteiger partial charge in [0.15, 0.2) is 0 Å². The molecule has 0 radical (unpaired) electrons. The number of carbonyl (C=O) groups is 1. The van der Waals surface area contributed by atoms with Gasteiger partial charge < -0.3 is 10.1 Å². The molecule has 0 bridgehead atoms. The minimum absolute atomic E-state index is 0.0886. The van der Waals surface area contributed by atoms with Gasteiger partial charge in [-0.2, -0.15) is 4.98 Å². The lowest BCUT2D eigenvalue weighted by Crippen LogP contribution is -2.23. The maximum atomic E-state index is 11.4. The summed E-state index contributed by atoms with van der Waals surface area (Å²) in [5.74, 6) is -0.853. The smallest absolute Gasteiger partial charge is 0.345 e. The Hall–Kier alpha value is -1.65. The molecule has 0 spiro atoms. The second-order valence-electron chi connectivity index (χ2n) is 4.84. The Bertz CT molecular complexity index is 475. The molecular formula is C12H18N2O3. The highest BCUT2D eigenvalue weighted by atomic mass is 16.4. The zero-order valence-corrected chi connectivity index (χ0v) is 10.6. The SMILES string of the molecule is CC(C)Cc1[nH]c(=O)nc(C(C)C)c1C(=O)O. The van der Waals surface area contributed by atoms with Crippen LogP contribution in [0.4, 0.5) is 0 Å². The first kappa shape index (κ1) is 13.4. The summed E-state index contributed by atoms with van der Waals surface area (Å²) in [5.41, 5.74) is 0.496. The van der Waals surface area contributed by atoms with Crippen LogP contribution in [0.2, 0.25) is 0 Å². The van der Waals surface area contributed by atoms with E-state index in [1.807, 2.05) is 27.7 Å². The van der Waals surface area contributed by atoms with Crippen LogP contribution in [0.3, 0.4) is 0 Å². The molecule has 0 saturated carbocycles. The van der Waals surface area contributed by atoms with E-state index in [0.717, 1.165) is 0 Å². The third-order valence-electron chi connectivity index (χ3n) is 2.41. The quantitative estimate of drug-likeness (QED) is 0.837. The first-order chi connectivity index (χ1) is 7.82. The molecule has 0 atom stereocenters. The van der Waals surface area contributed by atoms with Gasteiger partial charge in [0.2, 0.25) is 0 Å². The van der Waals surface area contributed by atoms with Crippen LogP contribution < -0.4 is 5.69 Å². The molecule has 0 unspecified atom stereocenters. The minimum atomic E-state index is -1.03. The summed E-state index contributed by atoms with van der Waals surface area (Å²) in [6, 6.07) is 0. The molecule has 5 nitrogen and oxygen atoms in total.